The number of nitrogens with two attached hydrogens (primary N) is 1. The average Bonchev–Trinajstić information content (AvgIpc) is 3.27. The molecule has 1 atom stereocenters. The molecule has 2 aromatic carbocycles. The quantitative estimate of drug-likeness (QED) is 0.658. The third-order valence-electron chi connectivity index (χ3n) is 5.11. The second-order valence-corrected chi connectivity index (χ2v) is 6.89. The molecule has 1 amide bonds. The first-order valence-electron chi connectivity index (χ1n) is 8.89. The molecule has 6 nitrogen and oxygen atoms in total. The second kappa shape index (κ2) is 6.80. The molecule has 1 aromatic heterocycles. The number of aromatic nitrogens is 2. The van der Waals surface area contributed by atoms with Crippen LogP contribution in [0, 0.1) is 0 Å². The first kappa shape index (κ1) is 16.6. The summed E-state index contributed by atoms with van der Waals surface area (Å²) in [7, 11) is 0. The zero-order valence-corrected chi connectivity index (χ0v) is 14.5. The Balaban J connectivity index is 1.43. The number of carbonyl (C=O) groups is 1. The minimum atomic E-state index is -0.437. The van der Waals surface area contributed by atoms with E-state index in [-0.39, 0.29) is 0 Å². The zero-order valence-electron chi connectivity index (χ0n) is 14.5. The predicted molar refractivity (Wildman–Crippen MR) is 100 cm³/mol. The average molecular weight is 350 g/mol. The van der Waals surface area contributed by atoms with Gasteiger partial charge in [0.1, 0.15) is 11.6 Å². The highest BCUT2D eigenvalue weighted by Gasteiger charge is 2.26. The van der Waals surface area contributed by atoms with Crippen molar-refractivity contribution >= 4 is 16.9 Å². The van der Waals surface area contributed by atoms with Crippen LogP contribution in [0.5, 0.6) is 5.75 Å². The summed E-state index contributed by atoms with van der Waals surface area (Å²) >= 11 is 0. The van der Waals surface area contributed by atoms with E-state index in [9.17, 15) is 9.90 Å². The maximum atomic E-state index is 11.6. The maximum absolute atomic E-state index is 11.6. The number of hydrogen-bond donors (Lipinski definition) is 3. The van der Waals surface area contributed by atoms with Crippen molar-refractivity contribution in [3.8, 4) is 5.75 Å². The van der Waals surface area contributed by atoms with E-state index in [1.165, 1.54) is 5.56 Å². The van der Waals surface area contributed by atoms with Crippen molar-refractivity contribution in [2.24, 2.45) is 5.73 Å². The van der Waals surface area contributed by atoms with E-state index in [0.29, 0.717) is 17.2 Å². The van der Waals surface area contributed by atoms with Crippen LogP contribution in [-0.4, -0.2) is 45.5 Å². The summed E-state index contributed by atoms with van der Waals surface area (Å²) in [5.74, 6) is 1.13. The molecule has 6 heteroatoms. The number of aromatic amines is 1. The van der Waals surface area contributed by atoms with Gasteiger partial charge in [-0.1, -0.05) is 18.2 Å². The number of likely N-dealkylation sites (tertiary alicyclic amines) is 1. The van der Waals surface area contributed by atoms with Gasteiger partial charge in [-0.15, -0.1) is 0 Å². The lowest BCUT2D eigenvalue weighted by molar-refractivity contribution is 0.100. The number of H-pyrrole nitrogens is 1. The molecule has 0 saturated carbocycles. The molecule has 1 unspecified atom stereocenters. The van der Waals surface area contributed by atoms with E-state index in [2.05, 4.69) is 14.9 Å². The van der Waals surface area contributed by atoms with E-state index in [4.69, 9.17) is 5.73 Å². The standard InChI is InChI=1S/C20H22N4O2/c21-19(26)16-2-1-3-17-18(16)23-20(22-17)14-9-11-24(12-14)10-8-13-4-6-15(25)7-5-13/h1-7,14,25H,8-12H2,(H2,21,26)(H,22,23). The van der Waals surface area contributed by atoms with Crippen molar-refractivity contribution in [1.29, 1.82) is 0 Å². The van der Waals surface area contributed by atoms with Gasteiger partial charge in [0.15, 0.2) is 0 Å². The predicted octanol–water partition coefficient (Wildman–Crippen LogP) is 2.40. The monoisotopic (exact) mass is 350 g/mol. The highest BCUT2D eigenvalue weighted by atomic mass is 16.3. The van der Waals surface area contributed by atoms with E-state index >= 15 is 0 Å². The van der Waals surface area contributed by atoms with Gasteiger partial charge in [-0.25, -0.2) is 4.98 Å². The van der Waals surface area contributed by atoms with Gasteiger partial charge in [-0.2, -0.15) is 0 Å². The fourth-order valence-corrected chi connectivity index (χ4v) is 3.66. The van der Waals surface area contributed by atoms with Crippen LogP contribution in [0.3, 0.4) is 0 Å². The fraction of sp³-hybridized carbons (Fsp3) is 0.300. The Hall–Kier alpha value is -2.86. The van der Waals surface area contributed by atoms with Gasteiger partial charge in [0, 0.05) is 19.0 Å². The number of amides is 1. The maximum Gasteiger partial charge on any atom is 0.250 e. The summed E-state index contributed by atoms with van der Waals surface area (Å²) in [6.07, 6.45) is 2.00. The van der Waals surface area contributed by atoms with Gasteiger partial charge in [-0.05, 0) is 49.2 Å². The molecule has 1 aliphatic rings. The largest absolute Gasteiger partial charge is 0.508 e. The molecule has 1 aliphatic heterocycles. The van der Waals surface area contributed by atoms with Gasteiger partial charge in [-0.3, -0.25) is 4.79 Å². The summed E-state index contributed by atoms with van der Waals surface area (Å²) in [6.45, 7) is 2.96. The number of benzene rings is 2. The van der Waals surface area contributed by atoms with E-state index < -0.39 is 5.91 Å². The number of carbonyl (C=O) groups excluding carboxylic acids is 1. The van der Waals surface area contributed by atoms with Gasteiger partial charge in [0.05, 0.1) is 16.6 Å². The molecule has 0 bridgehead atoms. The van der Waals surface area contributed by atoms with Crippen molar-refractivity contribution in [1.82, 2.24) is 14.9 Å². The molecule has 3 aromatic rings. The van der Waals surface area contributed by atoms with E-state index in [1.54, 1.807) is 18.2 Å². The van der Waals surface area contributed by atoms with Crippen LogP contribution in [0.4, 0.5) is 0 Å². The Morgan fingerprint density at radius 2 is 2.08 bits per heavy atom. The van der Waals surface area contributed by atoms with Gasteiger partial charge in [0.2, 0.25) is 0 Å². The molecule has 4 N–H and O–H groups in total. The Morgan fingerprint density at radius 1 is 1.27 bits per heavy atom. The van der Waals surface area contributed by atoms with Gasteiger partial charge >= 0.3 is 0 Å². The number of fused-ring (bicyclic) bond motifs is 1. The zero-order chi connectivity index (χ0) is 18.1. The number of nitrogens with zero attached hydrogens (tertiary/aromatic N) is 2. The number of phenols is 1. The number of hydrogen-bond acceptors (Lipinski definition) is 4. The summed E-state index contributed by atoms with van der Waals surface area (Å²) in [4.78, 5) is 22.0. The third-order valence-corrected chi connectivity index (χ3v) is 5.11. The number of imidazole rings is 1. The topological polar surface area (TPSA) is 95.2 Å². The second-order valence-electron chi connectivity index (χ2n) is 6.89. The number of nitrogens with one attached hydrogen (secondary N) is 1. The van der Waals surface area contributed by atoms with Gasteiger partial charge in [0.25, 0.3) is 5.91 Å². The molecule has 2 heterocycles. The van der Waals surface area contributed by atoms with E-state index in [1.807, 2.05) is 24.3 Å². The van der Waals surface area contributed by atoms with Crippen LogP contribution in [0.25, 0.3) is 11.0 Å². The number of aromatic hydroxyl groups is 1. The van der Waals surface area contributed by atoms with Crippen molar-refractivity contribution in [3.05, 3.63) is 59.4 Å². The highest BCUT2D eigenvalue weighted by molar-refractivity contribution is 6.04. The minimum absolute atomic E-state index is 0.301. The molecule has 0 radical (unpaired) electrons. The first-order valence-corrected chi connectivity index (χ1v) is 8.89. The minimum Gasteiger partial charge on any atom is -0.508 e. The van der Waals surface area contributed by atoms with Crippen LogP contribution in [0.1, 0.15) is 34.1 Å². The molecular weight excluding hydrogens is 328 g/mol. The summed E-state index contributed by atoms with van der Waals surface area (Å²) in [5.41, 5.74) is 8.70. The van der Waals surface area contributed by atoms with Crippen molar-refractivity contribution in [2.75, 3.05) is 19.6 Å². The molecule has 26 heavy (non-hydrogen) atoms. The summed E-state index contributed by atoms with van der Waals surface area (Å²) in [5, 5.41) is 9.36. The molecule has 0 spiro atoms. The number of primary amides is 1. The summed E-state index contributed by atoms with van der Waals surface area (Å²) in [6, 6.07) is 12.8. The van der Waals surface area contributed by atoms with Crippen molar-refractivity contribution in [3.63, 3.8) is 0 Å². The Bertz CT molecular complexity index is 933. The van der Waals surface area contributed by atoms with E-state index in [0.717, 1.165) is 49.3 Å². The van der Waals surface area contributed by atoms with Crippen molar-refractivity contribution < 1.29 is 9.90 Å². The first-order chi connectivity index (χ1) is 12.6. The number of rotatable bonds is 5. The highest BCUT2D eigenvalue weighted by Crippen LogP contribution is 2.28. The number of para-hydroxylation sites is 1. The van der Waals surface area contributed by atoms with Crippen LogP contribution in [0.2, 0.25) is 0 Å². The molecule has 134 valence electrons. The summed E-state index contributed by atoms with van der Waals surface area (Å²) < 4.78 is 0. The molecule has 0 aliphatic carbocycles. The SMILES string of the molecule is NC(=O)c1cccc2nc(C3CCN(CCc4ccc(O)cc4)C3)[nH]c12. The number of phenolic OH excluding ortho intramolecular Hbond substituents is 1. The third kappa shape index (κ3) is 3.28. The molecular formula is C20H22N4O2. The Morgan fingerprint density at radius 3 is 2.85 bits per heavy atom. The van der Waals surface area contributed by atoms with Gasteiger partial charge < -0.3 is 20.7 Å². The van der Waals surface area contributed by atoms with Crippen LogP contribution >= 0.6 is 0 Å². The molecule has 1 saturated heterocycles. The lowest BCUT2D eigenvalue weighted by Crippen LogP contribution is -2.23. The lowest BCUT2D eigenvalue weighted by Gasteiger charge is -2.15. The van der Waals surface area contributed by atoms with Crippen LogP contribution in [-0.2, 0) is 6.42 Å². The fourth-order valence-electron chi connectivity index (χ4n) is 3.66. The Kier molecular flexibility index (Phi) is 4.34. The lowest BCUT2D eigenvalue weighted by atomic mass is 10.1. The normalized spacial score (nSPS) is 17.8. The Labute approximate surface area is 151 Å². The molecule has 4 rings (SSSR count). The van der Waals surface area contributed by atoms with Crippen molar-refractivity contribution in [2.45, 2.75) is 18.8 Å². The molecule has 1 fully saturated rings. The van der Waals surface area contributed by atoms with Crippen LogP contribution < -0.4 is 5.73 Å². The smallest absolute Gasteiger partial charge is 0.250 e. The van der Waals surface area contributed by atoms with Crippen LogP contribution in [0.15, 0.2) is 42.5 Å².